The van der Waals surface area contributed by atoms with Crippen molar-refractivity contribution < 1.29 is 13.9 Å². The lowest BCUT2D eigenvalue weighted by Gasteiger charge is -2.23. The van der Waals surface area contributed by atoms with Gasteiger partial charge in [0, 0.05) is 17.3 Å². The average Bonchev–Trinajstić information content (AvgIpc) is 2.88. The molecule has 0 atom stereocenters. The molecule has 4 nitrogen and oxygen atoms in total. The summed E-state index contributed by atoms with van der Waals surface area (Å²) in [5.74, 6) is 0.0490. The highest BCUT2D eigenvalue weighted by Crippen LogP contribution is 2.48. The molecule has 0 radical (unpaired) electrons. The molecule has 0 saturated heterocycles. The van der Waals surface area contributed by atoms with Gasteiger partial charge in [0.05, 0.1) is 10.6 Å². The summed E-state index contributed by atoms with van der Waals surface area (Å²) in [7, 11) is -3.52. The molecule has 0 aliphatic heterocycles. The second-order valence-corrected chi connectivity index (χ2v) is 9.80. The molecule has 4 aromatic rings. The van der Waals surface area contributed by atoms with Crippen molar-refractivity contribution in [1.29, 1.82) is 0 Å². The summed E-state index contributed by atoms with van der Waals surface area (Å²) in [6, 6.07) is 34.8. The summed E-state index contributed by atoms with van der Waals surface area (Å²) in [4.78, 5) is 12.7. The van der Waals surface area contributed by atoms with Crippen LogP contribution in [0.1, 0.15) is 21.5 Å². The second-order valence-electron chi connectivity index (χ2n) is 7.48. The summed E-state index contributed by atoms with van der Waals surface area (Å²) >= 11 is 0. The lowest BCUT2D eigenvalue weighted by molar-refractivity contribution is 0.0969. The Labute approximate surface area is 194 Å². The van der Waals surface area contributed by atoms with Crippen molar-refractivity contribution in [1.82, 2.24) is 5.32 Å². The van der Waals surface area contributed by atoms with Crippen molar-refractivity contribution in [3.63, 3.8) is 0 Å². The second kappa shape index (κ2) is 10.2. The summed E-state index contributed by atoms with van der Waals surface area (Å²) in [6.07, 6.45) is 1.50. The monoisotopic (exact) mass is 453 g/mol. The van der Waals surface area contributed by atoms with Gasteiger partial charge in [0.25, 0.3) is 5.91 Å². The van der Waals surface area contributed by atoms with Crippen molar-refractivity contribution in [2.45, 2.75) is 6.92 Å². The molecular weight excluding hydrogens is 429 g/mol. The molecule has 4 aromatic carbocycles. The Balaban J connectivity index is 1.78. The van der Waals surface area contributed by atoms with Crippen LogP contribution in [0.3, 0.4) is 0 Å². The van der Waals surface area contributed by atoms with Crippen LogP contribution in [0.5, 0.6) is 0 Å². The quantitative estimate of drug-likeness (QED) is 0.290. The van der Waals surface area contributed by atoms with Crippen molar-refractivity contribution in [2.24, 2.45) is 0 Å². The van der Waals surface area contributed by atoms with E-state index in [1.807, 2.05) is 73.7 Å². The predicted octanol–water partition coefficient (Wildman–Crippen LogP) is 5.67. The Morgan fingerprint density at radius 3 is 1.76 bits per heavy atom. The molecule has 33 heavy (non-hydrogen) atoms. The fraction of sp³-hybridized carbons (Fsp3) is 0.0357. The molecule has 0 aliphatic rings. The van der Waals surface area contributed by atoms with Gasteiger partial charge in [-0.05, 0) is 48.9 Å². The van der Waals surface area contributed by atoms with E-state index in [2.05, 4.69) is 5.32 Å². The third-order valence-corrected chi connectivity index (χ3v) is 7.61. The van der Waals surface area contributed by atoms with E-state index in [4.69, 9.17) is 4.52 Å². The van der Waals surface area contributed by atoms with Gasteiger partial charge >= 0.3 is 7.37 Å². The van der Waals surface area contributed by atoms with Crippen LogP contribution in [0.4, 0.5) is 0 Å². The fourth-order valence-corrected chi connectivity index (χ4v) is 5.51. The van der Waals surface area contributed by atoms with Gasteiger partial charge in [-0.25, -0.2) is 0 Å². The molecule has 0 aliphatic carbocycles. The number of carbonyl (C=O) groups is 1. The van der Waals surface area contributed by atoms with Crippen LogP contribution in [-0.4, -0.2) is 5.91 Å². The predicted molar refractivity (Wildman–Crippen MR) is 134 cm³/mol. The van der Waals surface area contributed by atoms with Gasteiger partial charge in [-0.1, -0.05) is 78.9 Å². The molecule has 0 spiro atoms. The highest BCUT2D eigenvalue weighted by Gasteiger charge is 2.31. The van der Waals surface area contributed by atoms with Crippen molar-refractivity contribution in [3.05, 3.63) is 138 Å². The maximum Gasteiger partial charge on any atom is 0.306 e. The highest BCUT2D eigenvalue weighted by atomic mass is 31.2. The summed E-state index contributed by atoms with van der Waals surface area (Å²) in [5, 5.41) is 3.95. The molecule has 0 bridgehead atoms. The van der Waals surface area contributed by atoms with Crippen molar-refractivity contribution >= 4 is 29.6 Å². The molecule has 5 heteroatoms. The van der Waals surface area contributed by atoms with E-state index < -0.39 is 7.37 Å². The zero-order valence-corrected chi connectivity index (χ0v) is 19.1. The third-order valence-electron chi connectivity index (χ3n) is 5.20. The van der Waals surface area contributed by atoms with Gasteiger partial charge in [-0.2, -0.15) is 0 Å². The minimum Gasteiger partial charge on any atom is -0.435 e. The minimum atomic E-state index is -3.52. The SMILES string of the molecule is Cc1ccccc1C(=CNC(=O)c1ccccc1)OP(=O)(c1ccccc1)c1ccccc1. The van der Waals surface area contributed by atoms with Gasteiger partial charge in [0.1, 0.15) is 0 Å². The molecule has 164 valence electrons. The van der Waals surface area contributed by atoms with Gasteiger partial charge in [-0.3, -0.25) is 9.36 Å². The minimum absolute atomic E-state index is 0.278. The Morgan fingerprint density at radius 1 is 0.727 bits per heavy atom. The maximum atomic E-state index is 14.5. The molecule has 0 heterocycles. The van der Waals surface area contributed by atoms with Crippen LogP contribution in [0.15, 0.2) is 121 Å². The summed E-state index contributed by atoms with van der Waals surface area (Å²) < 4.78 is 20.8. The zero-order chi connectivity index (χ0) is 23.1. The number of benzene rings is 4. The van der Waals surface area contributed by atoms with E-state index in [9.17, 15) is 9.36 Å². The van der Waals surface area contributed by atoms with Crippen molar-refractivity contribution in [2.75, 3.05) is 0 Å². The van der Waals surface area contributed by atoms with Crippen LogP contribution >= 0.6 is 7.37 Å². The maximum absolute atomic E-state index is 14.5. The van der Waals surface area contributed by atoms with Gasteiger partial charge < -0.3 is 9.84 Å². The van der Waals surface area contributed by atoms with Gasteiger partial charge in [0.15, 0.2) is 5.76 Å². The molecule has 0 unspecified atom stereocenters. The number of hydrogen-bond acceptors (Lipinski definition) is 3. The molecule has 0 fully saturated rings. The first-order valence-corrected chi connectivity index (χ1v) is 12.2. The highest BCUT2D eigenvalue weighted by molar-refractivity contribution is 7.74. The molecule has 4 rings (SSSR count). The van der Waals surface area contributed by atoms with Crippen LogP contribution in [0.2, 0.25) is 0 Å². The molecule has 1 amide bonds. The zero-order valence-electron chi connectivity index (χ0n) is 18.2. The number of hydrogen-bond donors (Lipinski definition) is 1. The van der Waals surface area contributed by atoms with E-state index >= 15 is 0 Å². The lowest BCUT2D eigenvalue weighted by Crippen LogP contribution is -2.20. The topological polar surface area (TPSA) is 55.4 Å². The average molecular weight is 453 g/mol. The molecule has 1 N–H and O–H groups in total. The molecular formula is C28H24NO3P. The Kier molecular flexibility index (Phi) is 6.87. The summed E-state index contributed by atoms with van der Waals surface area (Å²) in [5.41, 5.74) is 2.20. The third kappa shape index (κ3) is 5.14. The van der Waals surface area contributed by atoms with Crippen LogP contribution in [-0.2, 0) is 9.09 Å². The first-order chi connectivity index (χ1) is 16.1. The normalized spacial score (nSPS) is 11.6. The van der Waals surface area contributed by atoms with Gasteiger partial charge in [0.2, 0.25) is 0 Å². The molecule has 0 aromatic heterocycles. The molecule has 0 saturated carbocycles. The Morgan fingerprint density at radius 2 is 1.21 bits per heavy atom. The number of rotatable bonds is 7. The first-order valence-electron chi connectivity index (χ1n) is 10.6. The van der Waals surface area contributed by atoms with E-state index in [1.54, 1.807) is 48.5 Å². The smallest absolute Gasteiger partial charge is 0.306 e. The van der Waals surface area contributed by atoms with Crippen molar-refractivity contribution in [3.8, 4) is 0 Å². The Bertz CT molecular complexity index is 1260. The number of amides is 1. The van der Waals surface area contributed by atoms with Crippen LogP contribution in [0.25, 0.3) is 5.76 Å². The first kappa shape index (κ1) is 22.3. The Hall–Kier alpha value is -3.88. The number of carbonyl (C=O) groups excluding carboxylic acids is 1. The number of nitrogens with one attached hydrogen (secondary N) is 1. The van der Waals surface area contributed by atoms with Crippen LogP contribution < -0.4 is 15.9 Å². The fourth-order valence-electron chi connectivity index (χ4n) is 3.45. The lowest BCUT2D eigenvalue weighted by atomic mass is 10.1. The largest absolute Gasteiger partial charge is 0.435 e. The van der Waals surface area contributed by atoms with E-state index in [1.165, 1.54) is 6.20 Å². The van der Waals surface area contributed by atoms with E-state index in [0.717, 1.165) is 11.1 Å². The van der Waals surface area contributed by atoms with E-state index in [-0.39, 0.29) is 5.91 Å². The number of aryl methyl sites for hydroxylation is 1. The van der Waals surface area contributed by atoms with Gasteiger partial charge in [-0.15, -0.1) is 0 Å². The summed E-state index contributed by atoms with van der Waals surface area (Å²) in [6.45, 7) is 1.95. The van der Waals surface area contributed by atoms with Crippen LogP contribution in [0, 0.1) is 6.92 Å². The van der Waals surface area contributed by atoms with E-state index in [0.29, 0.717) is 21.9 Å². The standard InChI is InChI=1S/C28H24NO3P/c1-22-13-11-12-20-26(22)27(21-29-28(30)23-14-5-2-6-15-23)32-33(31,24-16-7-3-8-17-24)25-18-9-4-10-19-25/h2-21H,1H3,(H,29,30).